The third-order valence-electron chi connectivity index (χ3n) is 3.38. The molecule has 1 N–H and O–H groups in total. The first-order chi connectivity index (χ1) is 10.1. The van der Waals surface area contributed by atoms with Crippen LogP contribution in [0.5, 0.6) is 0 Å². The fourth-order valence-corrected chi connectivity index (χ4v) is 2.21. The molecule has 0 aliphatic carbocycles. The van der Waals surface area contributed by atoms with Crippen LogP contribution in [0.4, 0.5) is 5.69 Å². The molecule has 5 heteroatoms. The van der Waals surface area contributed by atoms with Gasteiger partial charge >= 0.3 is 0 Å². The molecule has 0 spiro atoms. The molecule has 1 unspecified atom stereocenters. The highest BCUT2D eigenvalue weighted by atomic mass is 35.5. The number of hydrogen-bond donors (Lipinski definition) is 1. The molecule has 4 nitrogen and oxygen atoms in total. The molecule has 2 rings (SSSR count). The number of benzene rings is 2. The van der Waals surface area contributed by atoms with Gasteiger partial charge in [-0.05, 0) is 43.1 Å². The highest BCUT2D eigenvalue weighted by Crippen LogP contribution is 2.17. The summed E-state index contributed by atoms with van der Waals surface area (Å²) < 4.78 is 0. The van der Waals surface area contributed by atoms with E-state index in [0.29, 0.717) is 0 Å². The first-order valence-electron chi connectivity index (χ1n) is 6.78. The summed E-state index contributed by atoms with van der Waals surface area (Å²) in [7, 11) is 0. The van der Waals surface area contributed by atoms with E-state index < -0.39 is 0 Å². The van der Waals surface area contributed by atoms with Crippen LogP contribution >= 0.6 is 11.6 Å². The van der Waals surface area contributed by atoms with Gasteiger partial charge in [-0.1, -0.05) is 35.9 Å². The second-order valence-electron chi connectivity index (χ2n) is 4.90. The summed E-state index contributed by atoms with van der Waals surface area (Å²) in [5, 5.41) is 14.8. The predicted molar refractivity (Wildman–Crippen MR) is 84.7 cm³/mol. The summed E-state index contributed by atoms with van der Waals surface area (Å²) >= 11 is 5.85. The minimum absolute atomic E-state index is 0.118. The van der Waals surface area contributed by atoms with E-state index in [-0.39, 0.29) is 16.7 Å². The van der Waals surface area contributed by atoms with Crippen LogP contribution in [-0.2, 0) is 6.42 Å². The molecule has 0 aliphatic rings. The van der Waals surface area contributed by atoms with Gasteiger partial charge in [-0.25, -0.2) is 0 Å². The summed E-state index contributed by atoms with van der Waals surface area (Å²) in [6.07, 6.45) is 0.911. The Morgan fingerprint density at radius 3 is 2.33 bits per heavy atom. The van der Waals surface area contributed by atoms with Crippen molar-refractivity contribution in [1.82, 2.24) is 5.32 Å². The molecule has 0 radical (unpaired) electrons. The van der Waals surface area contributed by atoms with Gasteiger partial charge in [-0.15, -0.1) is 0 Å². The molecule has 0 bridgehead atoms. The van der Waals surface area contributed by atoms with Crippen molar-refractivity contribution in [3.63, 3.8) is 0 Å². The van der Waals surface area contributed by atoms with Crippen molar-refractivity contribution in [2.24, 2.45) is 0 Å². The number of nitro benzene ring substituents is 1. The van der Waals surface area contributed by atoms with Crippen molar-refractivity contribution in [1.29, 1.82) is 0 Å². The smallest absolute Gasteiger partial charge is 0.269 e. The Balaban J connectivity index is 1.85. The van der Waals surface area contributed by atoms with E-state index in [1.54, 1.807) is 12.1 Å². The summed E-state index contributed by atoms with van der Waals surface area (Å²) in [5.74, 6) is 0. The Bertz CT molecular complexity index is 597. The number of nitrogens with zero attached hydrogens (tertiary/aromatic N) is 1. The lowest BCUT2D eigenvalue weighted by Gasteiger charge is -2.14. The van der Waals surface area contributed by atoms with Crippen LogP contribution in [-0.4, -0.2) is 11.5 Å². The second-order valence-corrected chi connectivity index (χ2v) is 5.34. The standard InChI is InChI=1S/C16H17ClN2O2/c1-12(14-4-8-16(9-5-14)19(20)21)18-11-10-13-2-6-15(17)7-3-13/h2-9,12,18H,10-11H2,1H3. The van der Waals surface area contributed by atoms with Crippen LogP contribution in [0.15, 0.2) is 48.5 Å². The number of hydrogen-bond acceptors (Lipinski definition) is 3. The van der Waals surface area contributed by atoms with E-state index in [1.807, 2.05) is 31.2 Å². The van der Waals surface area contributed by atoms with Gasteiger partial charge in [0.15, 0.2) is 0 Å². The lowest BCUT2D eigenvalue weighted by atomic mass is 10.1. The Labute approximate surface area is 128 Å². The number of non-ortho nitro benzene ring substituents is 1. The number of nitrogens with one attached hydrogen (secondary N) is 1. The van der Waals surface area contributed by atoms with Gasteiger partial charge in [-0.3, -0.25) is 10.1 Å². The lowest BCUT2D eigenvalue weighted by Crippen LogP contribution is -2.21. The minimum atomic E-state index is -0.386. The minimum Gasteiger partial charge on any atom is -0.310 e. The first-order valence-corrected chi connectivity index (χ1v) is 7.16. The summed E-state index contributed by atoms with van der Waals surface area (Å²) in [5.41, 5.74) is 2.38. The van der Waals surface area contributed by atoms with E-state index in [0.717, 1.165) is 23.6 Å². The predicted octanol–water partition coefficient (Wildman–Crippen LogP) is 4.14. The molecule has 0 fully saturated rings. The van der Waals surface area contributed by atoms with E-state index >= 15 is 0 Å². The molecule has 0 aromatic heterocycles. The highest BCUT2D eigenvalue weighted by Gasteiger charge is 2.08. The molecule has 110 valence electrons. The van der Waals surface area contributed by atoms with Gasteiger partial charge in [0, 0.05) is 23.2 Å². The maximum Gasteiger partial charge on any atom is 0.269 e. The molecular weight excluding hydrogens is 288 g/mol. The number of rotatable bonds is 6. The maximum absolute atomic E-state index is 10.6. The topological polar surface area (TPSA) is 55.2 Å². The van der Waals surface area contributed by atoms with Crippen molar-refractivity contribution >= 4 is 17.3 Å². The third kappa shape index (κ3) is 4.55. The van der Waals surface area contributed by atoms with Crippen LogP contribution in [0.25, 0.3) is 0 Å². The molecule has 2 aromatic rings. The SMILES string of the molecule is CC(NCCc1ccc(Cl)cc1)c1ccc([N+](=O)[O-])cc1. The van der Waals surface area contributed by atoms with Gasteiger partial charge in [0.05, 0.1) is 4.92 Å². The van der Waals surface area contributed by atoms with E-state index in [1.165, 1.54) is 17.7 Å². The van der Waals surface area contributed by atoms with Crippen LogP contribution in [0.3, 0.4) is 0 Å². The average Bonchev–Trinajstić information content (AvgIpc) is 2.49. The van der Waals surface area contributed by atoms with Crippen molar-refractivity contribution in [2.75, 3.05) is 6.54 Å². The Kier molecular flexibility index (Phi) is 5.31. The second kappa shape index (κ2) is 7.20. The Hall–Kier alpha value is -1.91. The monoisotopic (exact) mass is 304 g/mol. The maximum atomic E-state index is 10.6. The summed E-state index contributed by atoms with van der Waals surface area (Å²) in [6, 6.07) is 14.6. The van der Waals surface area contributed by atoms with Gasteiger partial charge in [-0.2, -0.15) is 0 Å². The van der Waals surface area contributed by atoms with Crippen LogP contribution in [0.2, 0.25) is 5.02 Å². The van der Waals surface area contributed by atoms with Crippen molar-refractivity contribution in [3.8, 4) is 0 Å². The van der Waals surface area contributed by atoms with Crippen LogP contribution in [0, 0.1) is 10.1 Å². The fraction of sp³-hybridized carbons (Fsp3) is 0.250. The number of halogens is 1. The molecule has 0 aliphatic heterocycles. The fourth-order valence-electron chi connectivity index (χ4n) is 2.09. The van der Waals surface area contributed by atoms with E-state index in [4.69, 9.17) is 11.6 Å². The normalized spacial score (nSPS) is 12.1. The summed E-state index contributed by atoms with van der Waals surface area (Å²) in [6.45, 7) is 2.88. The lowest BCUT2D eigenvalue weighted by molar-refractivity contribution is -0.384. The Morgan fingerprint density at radius 2 is 1.76 bits per heavy atom. The Morgan fingerprint density at radius 1 is 1.14 bits per heavy atom. The molecular formula is C16H17ClN2O2. The van der Waals surface area contributed by atoms with Crippen molar-refractivity contribution < 1.29 is 4.92 Å². The molecule has 2 aromatic carbocycles. The van der Waals surface area contributed by atoms with E-state index in [9.17, 15) is 10.1 Å². The zero-order chi connectivity index (χ0) is 15.2. The highest BCUT2D eigenvalue weighted by molar-refractivity contribution is 6.30. The molecule has 0 saturated heterocycles. The van der Waals surface area contributed by atoms with Crippen LogP contribution < -0.4 is 5.32 Å². The summed E-state index contributed by atoms with van der Waals surface area (Å²) in [4.78, 5) is 10.2. The third-order valence-corrected chi connectivity index (χ3v) is 3.63. The molecule has 0 heterocycles. The largest absolute Gasteiger partial charge is 0.310 e. The van der Waals surface area contributed by atoms with Gasteiger partial charge < -0.3 is 5.32 Å². The quantitative estimate of drug-likeness (QED) is 0.644. The molecule has 0 amide bonds. The molecule has 0 saturated carbocycles. The zero-order valence-electron chi connectivity index (χ0n) is 11.8. The van der Waals surface area contributed by atoms with Crippen molar-refractivity contribution in [3.05, 3.63) is 74.8 Å². The van der Waals surface area contributed by atoms with Crippen molar-refractivity contribution in [2.45, 2.75) is 19.4 Å². The van der Waals surface area contributed by atoms with E-state index in [2.05, 4.69) is 5.32 Å². The average molecular weight is 305 g/mol. The van der Waals surface area contributed by atoms with Gasteiger partial charge in [0.25, 0.3) is 5.69 Å². The molecule has 1 atom stereocenters. The van der Waals surface area contributed by atoms with Gasteiger partial charge in [0.1, 0.15) is 0 Å². The zero-order valence-corrected chi connectivity index (χ0v) is 12.5. The van der Waals surface area contributed by atoms with Gasteiger partial charge in [0.2, 0.25) is 0 Å². The number of nitro groups is 1. The first kappa shape index (κ1) is 15.5. The molecule has 21 heavy (non-hydrogen) atoms. The van der Waals surface area contributed by atoms with Crippen LogP contribution in [0.1, 0.15) is 24.1 Å².